The Kier molecular flexibility index (Phi) is 12.6. The maximum Gasteiger partial charge on any atom is 0.115 e. The van der Waals surface area contributed by atoms with Crippen LogP contribution in [0.1, 0.15) is 102 Å². The summed E-state index contributed by atoms with van der Waals surface area (Å²) in [7, 11) is 0. The van der Waals surface area contributed by atoms with E-state index in [-0.39, 0.29) is 0 Å². The summed E-state index contributed by atoms with van der Waals surface area (Å²) in [5.41, 5.74) is 2.31. The topological polar surface area (TPSA) is 37.8 Å². The van der Waals surface area contributed by atoms with E-state index in [1.165, 1.54) is 82.6 Å². The van der Waals surface area contributed by atoms with Crippen molar-refractivity contribution in [2.75, 3.05) is 0 Å². The van der Waals surface area contributed by atoms with Gasteiger partial charge in [0.25, 0.3) is 0 Å². The summed E-state index contributed by atoms with van der Waals surface area (Å²) >= 11 is 0. The van der Waals surface area contributed by atoms with Crippen molar-refractivity contribution >= 4 is 0 Å². The molecule has 1 rings (SSSR count). The van der Waals surface area contributed by atoms with Crippen molar-refractivity contribution in [1.29, 1.82) is 0 Å². The quantitative estimate of drug-likeness (QED) is 0.402. The largest absolute Gasteiger partial charge is 0.310 e. The van der Waals surface area contributed by atoms with E-state index in [9.17, 15) is 0 Å². The molecular weight excluding hydrogens is 294 g/mol. The Morgan fingerprint density at radius 1 is 0.917 bits per heavy atom. The summed E-state index contributed by atoms with van der Waals surface area (Å²) in [6, 6.07) is 0.624. The van der Waals surface area contributed by atoms with Crippen LogP contribution in [0.2, 0.25) is 0 Å². The lowest BCUT2D eigenvalue weighted by Gasteiger charge is -2.17. The Balaban J connectivity index is 2.01. The van der Waals surface area contributed by atoms with Crippen molar-refractivity contribution in [2.45, 2.75) is 110 Å². The highest BCUT2D eigenvalue weighted by Crippen LogP contribution is 2.13. The zero-order valence-corrected chi connectivity index (χ0v) is 16.3. The van der Waals surface area contributed by atoms with Crippen LogP contribution in [0.3, 0.4) is 0 Å². The van der Waals surface area contributed by atoms with Crippen molar-refractivity contribution in [1.82, 2.24) is 15.3 Å². The van der Waals surface area contributed by atoms with Crippen LogP contribution in [0.25, 0.3) is 0 Å². The monoisotopic (exact) mass is 333 g/mol. The predicted molar refractivity (Wildman–Crippen MR) is 104 cm³/mol. The zero-order valence-electron chi connectivity index (χ0n) is 16.3. The van der Waals surface area contributed by atoms with Gasteiger partial charge in [0.1, 0.15) is 6.33 Å². The van der Waals surface area contributed by atoms with Gasteiger partial charge in [0.15, 0.2) is 0 Å². The average molecular weight is 334 g/mol. The fraction of sp³-hybridized carbons (Fsp3) is 0.810. The van der Waals surface area contributed by atoms with Gasteiger partial charge in [0.2, 0.25) is 0 Å². The summed E-state index contributed by atoms with van der Waals surface area (Å²) in [5, 5.41) is 3.68. The number of aromatic nitrogens is 2. The number of rotatable bonds is 15. The number of hydrogen-bond donors (Lipinski definition) is 1. The maximum absolute atomic E-state index is 4.26. The highest BCUT2D eigenvalue weighted by Gasteiger charge is 2.07. The highest BCUT2D eigenvalue weighted by atomic mass is 14.9. The van der Waals surface area contributed by atoms with Crippen LogP contribution < -0.4 is 5.32 Å². The molecule has 1 heterocycles. The minimum Gasteiger partial charge on any atom is -0.310 e. The summed E-state index contributed by atoms with van der Waals surface area (Å²) in [6.07, 6.45) is 20.2. The minimum absolute atomic E-state index is 0.624. The van der Waals surface area contributed by atoms with E-state index in [0.29, 0.717) is 6.04 Å². The molecule has 0 aromatic carbocycles. The van der Waals surface area contributed by atoms with Gasteiger partial charge in [-0.1, -0.05) is 78.1 Å². The molecule has 3 heteroatoms. The third-order valence-corrected chi connectivity index (χ3v) is 4.99. The van der Waals surface area contributed by atoms with Crippen molar-refractivity contribution in [2.24, 2.45) is 0 Å². The third kappa shape index (κ3) is 10.0. The second kappa shape index (κ2) is 14.4. The lowest BCUT2D eigenvalue weighted by atomic mass is 10.0. The summed E-state index contributed by atoms with van der Waals surface area (Å²) in [6.45, 7) is 7.51. The molecule has 0 spiro atoms. The molecule has 24 heavy (non-hydrogen) atoms. The zero-order chi connectivity index (χ0) is 17.5. The SMILES string of the molecule is CCCCCCCCCCCCC(CC)NCc1cncnc1C. The van der Waals surface area contributed by atoms with E-state index in [4.69, 9.17) is 0 Å². The first kappa shape index (κ1) is 21.1. The lowest BCUT2D eigenvalue weighted by molar-refractivity contribution is 0.439. The molecule has 0 aliphatic rings. The van der Waals surface area contributed by atoms with E-state index in [1.807, 2.05) is 6.20 Å². The molecule has 1 aromatic rings. The molecule has 0 saturated heterocycles. The Labute approximate surface area is 150 Å². The molecule has 0 fully saturated rings. The van der Waals surface area contributed by atoms with Gasteiger partial charge in [-0.25, -0.2) is 9.97 Å². The van der Waals surface area contributed by atoms with Crippen LogP contribution in [0, 0.1) is 6.92 Å². The molecule has 0 aliphatic heterocycles. The molecule has 0 amide bonds. The van der Waals surface area contributed by atoms with Crippen LogP contribution in [-0.4, -0.2) is 16.0 Å². The summed E-state index contributed by atoms with van der Waals surface area (Å²) in [5.74, 6) is 0. The first-order valence-corrected chi connectivity index (χ1v) is 10.3. The van der Waals surface area contributed by atoms with Crippen LogP contribution >= 0.6 is 0 Å². The Hall–Kier alpha value is -0.960. The molecule has 1 N–H and O–H groups in total. The molecule has 1 aromatic heterocycles. The van der Waals surface area contributed by atoms with E-state index in [1.54, 1.807) is 6.33 Å². The molecule has 0 radical (unpaired) electrons. The van der Waals surface area contributed by atoms with Crippen molar-refractivity contribution in [3.63, 3.8) is 0 Å². The molecule has 3 nitrogen and oxygen atoms in total. The predicted octanol–water partition coefficient (Wildman–Crippen LogP) is 5.96. The fourth-order valence-electron chi connectivity index (χ4n) is 3.18. The van der Waals surface area contributed by atoms with E-state index in [0.717, 1.165) is 12.2 Å². The van der Waals surface area contributed by atoms with Crippen molar-refractivity contribution in [3.8, 4) is 0 Å². The van der Waals surface area contributed by atoms with Crippen LogP contribution in [0.5, 0.6) is 0 Å². The van der Waals surface area contributed by atoms with Crippen LogP contribution in [0.15, 0.2) is 12.5 Å². The molecule has 138 valence electrons. The van der Waals surface area contributed by atoms with Gasteiger partial charge in [0, 0.05) is 30.0 Å². The van der Waals surface area contributed by atoms with Gasteiger partial charge < -0.3 is 5.32 Å². The molecule has 0 aliphatic carbocycles. The highest BCUT2D eigenvalue weighted by molar-refractivity contribution is 5.13. The van der Waals surface area contributed by atoms with Crippen LogP contribution in [0.4, 0.5) is 0 Å². The standard InChI is InChI=1S/C21H39N3/c1-4-6-7-8-9-10-11-12-13-14-15-21(5-2)23-17-20-16-22-18-24-19(20)3/h16,18,21,23H,4-15,17H2,1-3H3. The molecule has 0 saturated carbocycles. The Morgan fingerprint density at radius 3 is 2.12 bits per heavy atom. The normalized spacial score (nSPS) is 12.5. The number of nitrogens with zero attached hydrogens (tertiary/aromatic N) is 2. The second-order valence-electron chi connectivity index (χ2n) is 7.09. The first-order valence-electron chi connectivity index (χ1n) is 10.3. The van der Waals surface area contributed by atoms with E-state index in [2.05, 4.69) is 36.1 Å². The second-order valence-corrected chi connectivity index (χ2v) is 7.09. The van der Waals surface area contributed by atoms with E-state index >= 15 is 0 Å². The molecular formula is C21H39N3. The van der Waals surface area contributed by atoms with Crippen molar-refractivity contribution < 1.29 is 0 Å². The molecule has 1 atom stereocenters. The average Bonchev–Trinajstić information content (AvgIpc) is 2.60. The van der Waals surface area contributed by atoms with Gasteiger partial charge in [-0.2, -0.15) is 0 Å². The van der Waals surface area contributed by atoms with Gasteiger partial charge >= 0.3 is 0 Å². The number of hydrogen-bond acceptors (Lipinski definition) is 3. The molecule has 0 bridgehead atoms. The Morgan fingerprint density at radius 2 is 1.54 bits per heavy atom. The third-order valence-electron chi connectivity index (χ3n) is 4.99. The Bertz CT molecular complexity index is 406. The number of aryl methyl sites for hydroxylation is 1. The van der Waals surface area contributed by atoms with Gasteiger partial charge in [-0.05, 0) is 19.8 Å². The maximum atomic E-state index is 4.26. The molecule has 1 unspecified atom stereocenters. The smallest absolute Gasteiger partial charge is 0.115 e. The van der Waals surface area contributed by atoms with Gasteiger partial charge in [0.05, 0.1) is 0 Å². The summed E-state index contributed by atoms with van der Waals surface area (Å²) in [4.78, 5) is 8.38. The fourth-order valence-corrected chi connectivity index (χ4v) is 3.18. The first-order chi connectivity index (χ1) is 11.8. The van der Waals surface area contributed by atoms with Crippen molar-refractivity contribution in [3.05, 3.63) is 23.8 Å². The van der Waals surface area contributed by atoms with Crippen LogP contribution in [-0.2, 0) is 6.54 Å². The number of unbranched alkanes of at least 4 members (excludes halogenated alkanes) is 9. The van der Waals surface area contributed by atoms with Gasteiger partial charge in [-0.3, -0.25) is 0 Å². The summed E-state index contributed by atoms with van der Waals surface area (Å²) < 4.78 is 0. The number of nitrogens with one attached hydrogen (secondary N) is 1. The van der Waals surface area contributed by atoms with Gasteiger partial charge in [-0.15, -0.1) is 0 Å². The van der Waals surface area contributed by atoms with E-state index < -0.39 is 0 Å². The minimum atomic E-state index is 0.624. The lowest BCUT2D eigenvalue weighted by Crippen LogP contribution is -2.28.